The molecule has 1 aliphatic rings. The first-order valence-corrected chi connectivity index (χ1v) is 4.58. The smallest absolute Gasteiger partial charge is 0.318 e. The Morgan fingerprint density at radius 2 is 2.43 bits per heavy atom. The molecule has 1 fully saturated rings. The molecule has 4 nitrogen and oxygen atoms in total. The van der Waals surface area contributed by atoms with Gasteiger partial charge in [0.2, 0.25) is 0 Å². The zero-order chi connectivity index (χ0) is 10.8. The van der Waals surface area contributed by atoms with Gasteiger partial charge in [-0.2, -0.15) is 0 Å². The van der Waals surface area contributed by atoms with Crippen LogP contribution in [-0.4, -0.2) is 32.1 Å². The Morgan fingerprint density at radius 3 is 2.93 bits per heavy atom. The molecular weight excluding hydrogens is 184 g/mol. The Labute approximate surface area is 83.8 Å². The molecule has 4 heteroatoms. The summed E-state index contributed by atoms with van der Waals surface area (Å²) in [4.78, 5) is 11.6. The number of methoxy groups -OCH3 is 1. The molecule has 14 heavy (non-hydrogen) atoms. The molecule has 1 aliphatic heterocycles. The summed E-state index contributed by atoms with van der Waals surface area (Å²) < 4.78 is 15.5. The summed E-state index contributed by atoms with van der Waals surface area (Å²) in [5.41, 5.74) is 0.702. The van der Waals surface area contributed by atoms with E-state index in [0.717, 1.165) is 0 Å². The van der Waals surface area contributed by atoms with E-state index < -0.39 is 11.7 Å². The maximum Gasteiger partial charge on any atom is 0.318 e. The minimum absolute atomic E-state index is 0.334. The summed E-state index contributed by atoms with van der Waals surface area (Å²) in [6, 6.07) is 0. The zero-order valence-electron chi connectivity index (χ0n) is 8.83. The average molecular weight is 200 g/mol. The highest BCUT2D eigenvalue weighted by Crippen LogP contribution is 2.36. The molecule has 0 saturated carbocycles. The zero-order valence-corrected chi connectivity index (χ0v) is 8.83. The Bertz CT molecular complexity index is 249. The van der Waals surface area contributed by atoms with Crippen LogP contribution in [0.3, 0.4) is 0 Å². The summed E-state index contributed by atoms with van der Waals surface area (Å²) in [6.07, 6.45) is 0. The van der Waals surface area contributed by atoms with Gasteiger partial charge in [-0.3, -0.25) is 4.79 Å². The number of esters is 1. The van der Waals surface area contributed by atoms with Crippen LogP contribution in [0, 0.1) is 5.92 Å². The van der Waals surface area contributed by atoms with E-state index in [1.165, 1.54) is 7.11 Å². The van der Waals surface area contributed by atoms with Gasteiger partial charge in [0.05, 0.1) is 13.2 Å². The topological polar surface area (TPSA) is 44.8 Å². The van der Waals surface area contributed by atoms with Crippen LogP contribution in [0.5, 0.6) is 0 Å². The van der Waals surface area contributed by atoms with Crippen molar-refractivity contribution < 1.29 is 19.0 Å². The summed E-state index contributed by atoms with van der Waals surface area (Å²) in [7, 11) is 1.50. The SMILES string of the molecule is C=C1COC(C)(OC)C1C(=O)OCC. The number of ether oxygens (including phenoxy) is 3. The molecule has 1 heterocycles. The summed E-state index contributed by atoms with van der Waals surface area (Å²) in [5.74, 6) is -1.78. The van der Waals surface area contributed by atoms with Gasteiger partial charge in [-0.1, -0.05) is 6.58 Å². The first-order chi connectivity index (χ1) is 6.55. The molecular formula is C10H16O4. The van der Waals surface area contributed by atoms with Crippen LogP contribution in [0.4, 0.5) is 0 Å². The lowest BCUT2D eigenvalue weighted by Gasteiger charge is -2.26. The molecule has 0 spiro atoms. The molecule has 80 valence electrons. The van der Waals surface area contributed by atoms with Gasteiger partial charge in [0, 0.05) is 7.11 Å². The van der Waals surface area contributed by atoms with E-state index in [0.29, 0.717) is 18.8 Å². The lowest BCUT2D eigenvalue weighted by atomic mass is 9.95. The van der Waals surface area contributed by atoms with Crippen LogP contribution >= 0.6 is 0 Å². The number of carbonyl (C=O) groups excluding carboxylic acids is 1. The van der Waals surface area contributed by atoms with E-state index >= 15 is 0 Å². The second kappa shape index (κ2) is 4.11. The van der Waals surface area contributed by atoms with Gasteiger partial charge in [0.15, 0.2) is 5.79 Å². The molecule has 0 aromatic heterocycles. The van der Waals surface area contributed by atoms with E-state index in [2.05, 4.69) is 6.58 Å². The normalized spacial score (nSPS) is 31.9. The van der Waals surface area contributed by atoms with Crippen molar-refractivity contribution in [3.05, 3.63) is 12.2 Å². The second-order valence-electron chi connectivity index (χ2n) is 3.35. The molecule has 2 atom stereocenters. The van der Waals surface area contributed by atoms with Gasteiger partial charge in [-0.25, -0.2) is 0 Å². The standard InChI is InChI=1S/C10H16O4/c1-5-13-9(11)8-7(2)6-14-10(8,3)12-4/h8H,2,5-6H2,1,3-4H3. The summed E-state index contributed by atoms with van der Waals surface area (Å²) in [5, 5.41) is 0. The van der Waals surface area contributed by atoms with Gasteiger partial charge in [-0.05, 0) is 19.4 Å². The van der Waals surface area contributed by atoms with Crippen molar-refractivity contribution in [1.29, 1.82) is 0 Å². The Hall–Kier alpha value is -0.870. The maximum absolute atomic E-state index is 11.6. The predicted octanol–water partition coefficient (Wildman–Crippen LogP) is 1.11. The van der Waals surface area contributed by atoms with E-state index in [9.17, 15) is 4.79 Å². The Morgan fingerprint density at radius 1 is 1.79 bits per heavy atom. The van der Waals surface area contributed by atoms with Crippen LogP contribution in [0.15, 0.2) is 12.2 Å². The molecule has 1 saturated heterocycles. The molecule has 0 aromatic carbocycles. The third-order valence-corrected chi connectivity index (χ3v) is 2.40. The van der Waals surface area contributed by atoms with E-state index in [1.807, 2.05) is 0 Å². The lowest BCUT2D eigenvalue weighted by molar-refractivity contribution is -0.210. The lowest BCUT2D eigenvalue weighted by Crippen LogP contribution is -2.39. The van der Waals surface area contributed by atoms with Crippen molar-refractivity contribution in [2.45, 2.75) is 19.6 Å². The van der Waals surface area contributed by atoms with Crippen molar-refractivity contribution in [3.63, 3.8) is 0 Å². The van der Waals surface area contributed by atoms with E-state index in [-0.39, 0.29) is 5.97 Å². The van der Waals surface area contributed by atoms with E-state index in [4.69, 9.17) is 14.2 Å². The summed E-state index contributed by atoms with van der Waals surface area (Å²) in [6.45, 7) is 7.95. The Balaban J connectivity index is 2.82. The monoisotopic (exact) mass is 200 g/mol. The van der Waals surface area contributed by atoms with Gasteiger partial charge >= 0.3 is 5.97 Å². The largest absolute Gasteiger partial charge is 0.465 e. The van der Waals surface area contributed by atoms with E-state index in [1.54, 1.807) is 13.8 Å². The minimum atomic E-state index is -0.927. The highest BCUT2D eigenvalue weighted by atomic mass is 16.7. The predicted molar refractivity (Wildman–Crippen MR) is 50.6 cm³/mol. The van der Waals surface area contributed by atoms with Gasteiger partial charge in [0.25, 0.3) is 0 Å². The molecule has 1 rings (SSSR count). The fraction of sp³-hybridized carbons (Fsp3) is 0.700. The average Bonchev–Trinajstić information content (AvgIpc) is 2.44. The van der Waals surface area contributed by atoms with Crippen LogP contribution in [-0.2, 0) is 19.0 Å². The highest BCUT2D eigenvalue weighted by Gasteiger charge is 2.48. The molecule has 0 radical (unpaired) electrons. The number of rotatable bonds is 3. The highest BCUT2D eigenvalue weighted by molar-refractivity contribution is 5.77. The van der Waals surface area contributed by atoms with Gasteiger partial charge in [-0.15, -0.1) is 0 Å². The first-order valence-electron chi connectivity index (χ1n) is 4.58. The molecule has 0 bridgehead atoms. The fourth-order valence-electron chi connectivity index (χ4n) is 1.56. The third kappa shape index (κ3) is 1.81. The number of hydrogen-bond donors (Lipinski definition) is 0. The first kappa shape index (κ1) is 11.2. The molecule has 0 aromatic rings. The number of carbonyl (C=O) groups is 1. The fourth-order valence-corrected chi connectivity index (χ4v) is 1.56. The maximum atomic E-state index is 11.6. The quantitative estimate of drug-likeness (QED) is 0.505. The number of hydrogen-bond acceptors (Lipinski definition) is 4. The van der Waals surface area contributed by atoms with Gasteiger partial charge in [0.1, 0.15) is 5.92 Å². The molecule has 0 N–H and O–H groups in total. The van der Waals surface area contributed by atoms with Crippen molar-refractivity contribution in [1.82, 2.24) is 0 Å². The van der Waals surface area contributed by atoms with Crippen molar-refractivity contribution in [3.8, 4) is 0 Å². The van der Waals surface area contributed by atoms with Crippen molar-refractivity contribution >= 4 is 5.97 Å². The Kier molecular flexibility index (Phi) is 3.29. The minimum Gasteiger partial charge on any atom is -0.465 e. The molecule has 2 unspecified atom stereocenters. The van der Waals surface area contributed by atoms with Crippen molar-refractivity contribution in [2.75, 3.05) is 20.3 Å². The van der Waals surface area contributed by atoms with Crippen LogP contribution in [0.2, 0.25) is 0 Å². The van der Waals surface area contributed by atoms with Crippen LogP contribution < -0.4 is 0 Å². The van der Waals surface area contributed by atoms with Crippen LogP contribution in [0.25, 0.3) is 0 Å². The van der Waals surface area contributed by atoms with Gasteiger partial charge < -0.3 is 14.2 Å². The third-order valence-electron chi connectivity index (χ3n) is 2.40. The van der Waals surface area contributed by atoms with Crippen LogP contribution in [0.1, 0.15) is 13.8 Å². The van der Waals surface area contributed by atoms with Crippen molar-refractivity contribution in [2.24, 2.45) is 5.92 Å². The molecule has 0 aliphatic carbocycles. The summed E-state index contributed by atoms with van der Waals surface area (Å²) >= 11 is 0. The molecule has 0 amide bonds. The second-order valence-corrected chi connectivity index (χ2v) is 3.35.